The van der Waals surface area contributed by atoms with Gasteiger partial charge >= 0.3 is 0 Å². The molecule has 0 unspecified atom stereocenters. The summed E-state index contributed by atoms with van der Waals surface area (Å²) in [6.45, 7) is 4.48. The zero-order valence-electron chi connectivity index (χ0n) is 13.5. The molecule has 0 fully saturated rings. The predicted octanol–water partition coefficient (Wildman–Crippen LogP) is 2.42. The minimum Gasteiger partial charge on any atom is -0.494 e. The summed E-state index contributed by atoms with van der Waals surface area (Å²) in [6.07, 6.45) is 0. The number of fused-ring (bicyclic) bond motifs is 1. The van der Waals surface area contributed by atoms with Gasteiger partial charge in [0.1, 0.15) is 5.75 Å². The van der Waals surface area contributed by atoms with Crippen molar-refractivity contribution in [3.8, 4) is 5.75 Å². The van der Waals surface area contributed by atoms with Crippen LogP contribution < -0.4 is 9.54 Å². The van der Waals surface area contributed by atoms with E-state index in [9.17, 15) is 4.79 Å². The van der Waals surface area contributed by atoms with E-state index in [2.05, 4.69) is 10.1 Å². The molecule has 1 aromatic carbocycles. The van der Waals surface area contributed by atoms with Crippen molar-refractivity contribution in [1.82, 2.24) is 14.3 Å². The summed E-state index contributed by atoms with van der Waals surface area (Å²) in [6, 6.07) is 7.61. The Kier molecular flexibility index (Phi) is 4.04. The van der Waals surface area contributed by atoms with Crippen LogP contribution in [0, 0.1) is 6.92 Å². The van der Waals surface area contributed by atoms with Crippen molar-refractivity contribution in [2.24, 2.45) is 19.1 Å². The topological polar surface area (TPSA) is 61.4 Å². The molecule has 0 N–H and O–H groups in total. The lowest BCUT2D eigenvalue weighted by atomic mass is 10.3. The van der Waals surface area contributed by atoms with Gasteiger partial charge in [0.05, 0.1) is 16.8 Å². The SMILES string of the molecule is CCOc1ccc2c(c1)sc(=NC(=O)c1cc(C)n(C)n1)n2C. The van der Waals surface area contributed by atoms with Crippen LogP contribution in [0.3, 0.4) is 0 Å². The van der Waals surface area contributed by atoms with Gasteiger partial charge in [-0.05, 0) is 38.1 Å². The molecule has 0 saturated heterocycles. The van der Waals surface area contributed by atoms with Crippen molar-refractivity contribution < 1.29 is 9.53 Å². The quantitative estimate of drug-likeness (QED) is 0.741. The van der Waals surface area contributed by atoms with E-state index in [-0.39, 0.29) is 5.91 Å². The molecule has 2 heterocycles. The first-order valence-corrected chi connectivity index (χ1v) is 8.13. The summed E-state index contributed by atoms with van der Waals surface area (Å²) in [4.78, 5) is 17.2. The predicted molar refractivity (Wildman–Crippen MR) is 89.8 cm³/mol. The first-order chi connectivity index (χ1) is 11.0. The van der Waals surface area contributed by atoms with E-state index in [1.54, 1.807) is 17.8 Å². The molecule has 120 valence electrons. The van der Waals surface area contributed by atoms with E-state index in [4.69, 9.17) is 4.74 Å². The Balaban J connectivity index is 2.04. The van der Waals surface area contributed by atoms with Gasteiger partial charge in [0, 0.05) is 19.8 Å². The number of carbonyl (C=O) groups is 1. The van der Waals surface area contributed by atoms with Crippen molar-refractivity contribution in [2.75, 3.05) is 6.61 Å². The molecule has 3 rings (SSSR count). The van der Waals surface area contributed by atoms with Crippen molar-refractivity contribution in [3.05, 3.63) is 40.5 Å². The highest BCUT2D eigenvalue weighted by molar-refractivity contribution is 7.16. The number of aryl methyl sites for hydroxylation is 3. The fourth-order valence-corrected chi connectivity index (χ4v) is 3.33. The molecule has 0 atom stereocenters. The first-order valence-electron chi connectivity index (χ1n) is 7.31. The second-order valence-electron chi connectivity index (χ2n) is 5.22. The van der Waals surface area contributed by atoms with Crippen LogP contribution >= 0.6 is 11.3 Å². The molecule has 6 nitrogen and oxygen atoms in total. The number of aromatic nitrogens is 3. The maximum atomic E-state index is 12.3. The fraction of sp³-hybridized carbons (Fsp3) is 0.312. The molecule has 0 saturated carbocycles. The molecule has 3 aromatic rings. The van der Waals surface area contributed by atoms with Crippen LogP contribution in [0.25, 0.3) is 10.2 Å². The van der Waals surface area contributed by atoms with Crippen molar-refractivity contribution in [1.29, 1.82) is 0 Å². The lowest BCUT2D eigenvalue weighted by molar-refractivity contribution is 0.0992. The van der Waals surface area contributed by atoms with E-state index >= 15 is 0 Å². The summed E-state index contributed by atoms with van der Waals surface area (Å²) >= 11 is 1.46. The molecule has 2 aromatic heterocycles. The zero-order chi connectivity index (χ0) is 16.6. The van der Waals surface area contributed by atoms with Gasteiger partial charge in [-0.1, -0.05) is 11.3 Å². The molecule has 0 aliphatic carbocycles. The molecule has 0 aliphatic heterocycles. The normalized spacial score (nSPS) is 12.1. The third kappa shape index (κ3) is 2.92. The third-order valence-electron chi connectivity index (χ3n) is 3.62. The summed E-state index contributed by atoms with van der Waals surface area (Å²) in [5.41, 5.74) is 2.30. The Labute approximate surface area is 137 Å². The number of rotatable bonds is 3. The van der Waals surface area contributed by atoms with E-state index in [1.807, 2.05) is 43.7 Å². The van der Waals surface area contributed by atoms with Gasteiger partial charge < -0.3 is 9.30 Å². The standard InChI is InChI=1S/C16H18N4O2S/c1-5-22-11-6-7-13-14(9-11)23-16(19(13)3)17-15(21)12-8-10(2)20(4)18-12/h6-9H,5H2,1-4H3. The van der Waals surface area contributed by atoms with Gasteiger partial charge in [0.2, 0.25) is 0 Å². The Morgan fingerprint density at radius 1 is 1.35 bits per heavy atom. The molecule has 23 heavy (non-hydrogen) atoms. The third-order valence-corrected chi connectivity index (χ3v) is 4.72. The Morgan fingerprint density at radius 3 is 2.78 bits per heavy atom. The highest BCUT2D eigenvalue weighted by Gasteiger charge is 2.11. The number of hydrogen-bond acceptors (Lipinski definition) is 4. The monoisotopic (exact) mass is 330 g/mol. The number of amides is 1. The largest absolute Gasteiger partial charge is 0.494 e. The van der Waals surface area contributed by atoms with E-state index in [1.165, 1.54) is 11.3 Å². The number of carbonyl (C=O) groups excluding carboxylic acids is 1. The number of nitrogens with zero attached hydrogens (tertiary/aromatic N) is 4. The van der Waals surface area contributed by atoms with Crippen molar-refractivity contribution in [3.63, 3.8) is 0 Å². The lowest BCUT2D eigenvalue weighted by Gasteiger charge is -2.02. The minimum absolute atomic E-state index is 0.333. The van der Waals surface area contributed by atoms with Gasteiger partial charge in [-0.3, -0.25) is 9.48 Å². The highest BCUT2D eigenvalue weighted by atomic mass is 32.1. The summed E-state index contributed by atoms with van der Waals surface area (Å²) < 4.78 is 10.1. The number of benzene rings is 1. The van der Waals surface area contributed by atoms with Gasteiger partial charge in [-0.25, -0.2) is 0 Å². The molecule has 0 aliphatic rings. The average molecular weight is 330 g/mol. The molecular weight excluding hydrogens is 312 g/mol. The van der Waals surface area contributed by atoms with Gasteiger partial charge in [0.25, 0.3) is 5.91 Å². The summed E-state index contributed by atoms with van der Waals surface area (Å²) in [5.74, 6) is 0.487. The van der Waals surface area contributed by atoms with Crippen LogP contribution in [0.4, 0.5) is 0 Å². The maximum absolute atomic E-state index is 12.3. The second-order valence-corrected chi connectivity index (χ2v) is 6.23. The highest BCUT2D eigenvalue weighted by Crippen LogP contribution is 2.22. The van der Waals surface area contributed by atoms with Gasteiger partial charge in [0.15, 0.2) is 10.5 Å². The van der Waals surface area contributed by atoms with E-state index < -0.39 is 0 Å². The molecule has 1 amide bonds. The zero-order valence-corrected chi connectivity index (χ0v) is 14.3. The van der Waals surface area contributed by atoms with Gasteiger partial charge in [-0.15, -0.1) is 0 Å². The minimum atomic E-state index is -0.333. The van der Waals surface area contributed by atoms with Crippen LogP contribution in [-0.4, -0.2) is 26.9 Å². The molecule has 0 spiro atoms. The Bertz CT molecular complexity index is 929. The Hall–Kier alpha value is -2.41. The fourth-order valence-electron chi connectivity index (χ4n) is 2.29. The summed E-state index contributed by atoms with van der Waals surface area (Å²) in [7, 11) is 3.70. The van der Waals surface area contributed by atoms with Crippen molar-refractivity contribution >= 4 is 27.5 Å². The van der Waals surface area contributed by atoms with E-state index in [0.717, 1.165) is 21.7 Å². The molecular formula is C16H18N4O2S. The van der Waals surface area contributed by atoms with Crippen LogP contribution in [0.2, 0.25) is 0 Å². The smallest absolute Gasteiger partial charge is 0.300 e. The van der Waals surface area contributed by atoms with Gasteiger partial charge in [-0.2, -0.15) is 10.1 Å². The van der Waals surface area contributed by atoms with Crippen LogP contribution in [-0.2, 0) is 14.1 Å². The molecule has 0 radical (unpaired) electrons. The molecule has 0 bridgehead atoms. The first kappa shape index (κ1) is 15.5. The summed E-state index contributed by atoms with van der Waals surface area (Å²) in [5, 5.41) is 4.18. The maximum Gasteiger partial charge on any atom is 0.300 e. The van der Waals surface area contributed by atoms with Crippen molar-refractivity contribution in [2.45, 2.75) is 13.8 Å². The Morgan fingerprint density at radius 2 is 2.13 bits per heavy atom. The lowest BCUT2D eigenvalue weighted by Crippen LogP contribution is -2.13. The van der Waals surface area contributed by atoms with E-state index in [0.29, 0.717) is 17.1 Å². The number of ether oxygens (including phenoxy) is 1. The molecule has 7 heteroatoms. The second kappa shape index (κ2) is 6.00. The van der Waals surface area contributed by atoms with Crippen LogP contribution in [0.1, 0.15) is 23.1 Å². The number of hydrogen-bond donors (Lipinski definition) is 0. The van der Waals surface area contributed by atoms with Crippen LogP contribution in [0.5, 0.6) is 5.75 Å². The average Bonchev–Trinajstić information content (AvgIpc) is 3.00. The number of thiazole rings is 1. The van der Waals surface area contributed by atoms with Crippen LogP contribution in [0.15, 0.2) is 29.3 Å².